The average molecular weight is 234 g/mol. The van der Waals surface area contributed by atoms with Gasteiger partial charge >= 0.3 is 0 Å². The molecule has 0 heterocycles. The summed E-state index contributed by atoms with van der Waals surface area (Å²) < 4.78 is 0. The molecular formula is C17H14O. The van der Waals surface area contributed by atoms with Crippen molar-refractivity contribution >= 4 is 5.78 Å². The number of hydrogen-bond acceptors (Lipinski definition) is 1. The highest BCUT2D eigenvalue weighted by Crippen LogP contribution is 2.04. The summed E-state index contributed by atoms with van der Waals surface area (Å²) in [4.78, 5) is 11.7. The van der Waals surface area contributed by atoms with Crippen molar-refractivity contribution in [3.05, 3.63) is 71.3 Å². The van der Waals surface area contributed by atoms with Gasteiger partial charge in [0.2, 0.25) is 5.78 Å². The Morgan fingerprint density at radius 1 is 1.00 bits per heavy atom. The Hall–Kier alpha value is -2.33. The second kappa shape index (κ2) is 5.84. The zero-order valence-electron chi connectivity index (χ0n) is 10.3. The van der Waals surface area contributed by atoms with Crippen LogP contribution >= 0.6 is 0 Å². The van der Waals surface area contributed by atoms with Gasteiger partial charge in [-0.15, -0.1) is 0 Å². The lowest BCUT2D eigenvalue weighted by molar-refractivity contribution is -0.113. The number of Topliss-reactive ketones (excluding diaryl/α,β-unsaturated/α-hetero) is 1. The van der Waals surface area contributed by atoms with E-state index in [4.69, 9.17) is 0 Å². The molecule has 88 valence electrons. The molecule has 18 heavy (non-hydrogen) atoms. The summed E-state index contributed by atoms with van der Waals surface area (Å²) >= 11 is 0. The lowest BCUT2D eigenvalue weighted by atomic mass is 10.1. The first-order valence-electron chi connectivity index (χ1n) is 5.89. The summed E-state index contributed by atoms with van der Waals surface area (Å²) in [5, 5.41) is 0. The monoisotopic (exact) mass is 234 g/mol. The summed E-state index contributed by atoms with van der Waals surface area (Å²) in [6.07, 6.45) is 0.375. The molecule has 0 aliphatic heterocycles. The molecule has 2 rings (SSSR count). The van der Waals surface area contributed by atoms with Crippen LogP contribution in [0.3, 0.4) is 0 Å². The van der Waals surface area contributed by atoms with Crippen molar-refractivity contribution in [2.24, 2.45) is 0 Å². The minimum Gasteiger partial charge on any atom is -0.285 e. The second-order valence-electron chi connectivity index (χ2n) is 4.20. The van der Waals surface area contributed by atoms with Crippen molar-refractivity contribution in [3.63, 3.8) is 0 Å². The number of ketones is 1. The van der Waals surface area contributed by atoms with Gasteiger partial charge in [-0.05, 0) is 30.5 Å². The first-order valence-corrected chi connectivity index (χ1v) is 5.89. The number of carbonyl (C=O) groups excluding carboxylic acids is 1. The molecule has 0 N–H and O–H groups in total. The van der Waals surface area contributed by atoms with E-state index in [0.717, 1.165) is 11.1 Å². The van der Waals surface area contributed by atoms with E-state index in [1.165, 1.54) is 5.56 Å². The van der Waals surface area contributed by atoms with E-state index < -0.39 is 0 Å². The Bertz CT molecular complexity index is 583. The summed E-state index contributed by atoms with van der Waals surface area (Å²) in [5.74, 6) is 5.50. The highest BCUT2D eigenvalue weighted by molar-refractivity contribution is 5.97. The third-order valence-electron chi connectivity index (χ3n) is 2.61. The van der Waals surface area contributed by atoms with E-state index >= 15 is 0 Å². The molecule has 0 radical (unpaired) electrons. The van der Waals surface area contributed by atoms with Crippen LogP contribution in [0.4, 0.5) is 0 Å². The summed E-state index contributed by atoms with van der Waals surface area (Å²) in [6.45, 7) is 2.03. The standard InChI is InChI=1S/C17H14O/c1-14-7-9-16(10-8-14)13-17(18)12-11-15-5-3-2-4-6-15/h2-10H,13H2,1H3. The van der Waals surface area contributed by atoms with Crippen LogP contribution in [0.25, 0.3) is 0 Å². The number of aryl methyl sites for hydroxylation is 1. The topological polar surface area (TPSA) is 17.1 Å². The number of rotatable bonds is 2. The Morgan fingerprint density at radius 3 is 2.33 bits per heavy atom. The molecule has 2 aromatic carbocycles. The van der Waals surface area contributed by atoms with Crippen LogP contribution < -0.4 is 0 Å². The molecule has 0 aliphatic carbocycles. The van der Waals surface area contributed by atoms with Gasteiger partial charge in [0.15, 0.2) is 0 Å². The predicted octanol–water partition coefficient (Wildman–Crippen LogP) is 3.16. The molecule has 0 amide bonds. The van der Waals surface area contributed by atoms with E-state index in [2.05, 4.69) is 11.8 Å². The summed E-state index contributed by atoms with van der Waals surface area (Å²) in [5.41, 5.74) is 3.07. The fourth-order valence-corrected chi connectivity index (χ4v) is 1.60. The SMILES string of the molecule is Cc1ccc(CC(=O)C#Cc2ccccc2)cc1. The lowest BCUT2D eigenvalue weighted by Gasteiger charge is -1.97. The number of benzene rings is 2. The highest BCUT2D eigenvalue weighted by atomic mass is 16.1. The largest absolute Gasteiger partial charge is 0.285 e. The van der Waals surface area contributed by atoms with Crippen molar-refractivity contribution < 1.29 is 4.79 Å². The molecule has 0 unspecified atom stereocenters. The Morgan fingerprint density at radius 2 is 1.67 bits per heavy atom. The van der Waals surface area contributed by atoms with Gasteiger partial charge in [0.05, 0.1) is 0 Å². The maximum atomic E-state index is 11.7. The third-order valence-corrected chi connectivity index (χ3v) is 2.61. The van der Waals surface area contributed by atoms with Crippen LogP contribution in [-0.2, 0) is 11.2 Å². The van der Waals surface area contributed by atoms with Crippen LogP contribution in [0.15, 0.2) is 54.6 Å². The van der Waals surface area contributed by atoms with E-state index in [-0.39, 0.29) is 5.78 Å². The van der Waals surface area contributed by atoms with Crippen molar-refractivity contribution in [2.75, 3.05) is 0 Å². The van der Waals surface area contributed by atoms with Crippen LogP contribution in [0, 0.1) is 18.8 Å². The van der Waals surface area contributed by atoms with Crippen LogP contribution in [-0.4, -0.2) is 5.78 Å². The minimum atomic E-state index is -0.0530. The molecule has 1 heteroatoms. The molecule has 0 saturated heterocycles. The average Bonchev–Trinajstić information content (AvgIpc) is 2.40. The molecule has 0 saturated carbocycles. The summed E-state index contributed by atoms with van der Waals surface area (Å²) in [7, 11) is 0. The molecule has 0 spiro atoms. The van der Waals surface area contributed by atoms with E-state index in [1.54, 1.807) is 0 Å². The molecule has 1 nitrogen and oxygen atoms in total. The van der Waals surface area contributed by atoms with Crippen LogP contribution in [0.1, 0.15) is 16.7 Å². The van der Waals surface area contributed by atoms with Gasteiger partial charge in [-0.25, -0.2) is 0 Å². The molecular weight excluding hydrogens is 220 g/mol. The van der Waals surface area contributed by atoms with Crippen molar-refractivity contribution in [1.82, 2.24) is 0 Å². The zero-order chi connectivity index (χ0) is 12.8. The van der Waals surface area contributed by atoms with E-state index in [0.29, 0.717) is 6.42 Å². The van der Waals surface area contributed by atoms with Gasteiger partial charge in [0.25, 0.3) is 0 Å². The molecule has 0 bridgehead atoms. The van der Waals surface area contributed by atoms with Gasteiger partial charge in [0, 0.05) is 12.0 Å². The van der Waals surface area contributed by atoms with Gasteiger partial charge in [-0.2, -0.15) is 0 Å². The zero-order valence-corrected chi connectivity index (χ0v) is 10.3. The third kappa shape index (κ3) is 3.61. The van der Waals surface area contributed by atoms with Gasteiger partial charge in [-0.1, -0.05) is 53.9 Å². The smallest absolute Gasteiger partial charge is 0.210 e. The van der Waals surface area contributed by atoms with Gasteiger partial charge in [-0.3, -0.25) is 4.79 Å². The quantitative estimate of drug-likeness (QED) is 0.729. The minimum absolute atomic E-state index is 0.0530. The van der Waals surface area contributed by atoms with E-state index in [9.17, 15) is 4.79 Å². The second-order valence-corrected chi connectivity index (χ2v) is 4.20. The predicted molar refractivity (Wildman–Crippen MR) is 73.2 cm³/mol. The number of hydrogen-bond donors (Lipinski definition) is 0. The van der Waals surface area contributed by atoms with Gasteiger partial charge in [0.1, 0.15) is 0 Å². The molecule has 2 aromatic rings. The Kier molecular flexibility index (Phi) is 3.94. The molecule has 0 aliphatic rings. The van der Waals surface area contributed by atoms with E-state index in [1.807, 2.05) is 61.5 Å². The molecule has 0 fully saturated rings. The van der Waals surface area contributed by atoms with Crippen molar-refractivity contribution in [3.8, 4) is 11.8 Å². The fourth-order valence-electron chi connectivity index (χ4n) is 1.60. The lowest BCUT2D eigenvalue weighted by Crippen LogP contribution is -1.98. The van der Waals surface area contributed by atoms with Crippen LogP contribution in [0.5, 0.6) is 0 Å². The maximum Gasteiger partial charge on any atom is 0.210 e. The number of carbonyl (C=O) groups is 1. The fraction of sp³-hybridized carbons (Fsp3) is 0.118. The van der Waals surface area contributed by atoms with Gasteiger partial charge < -0.3 is 0 Å². The first kappa shape index (κ1) is 12.1. The van der Waals surface area contributed by atoms with Crippen molar-refractivity contribution in [2.45, 2.75) is 13.3 Å². The van der Waals surface area contributed by atoms with Crippen molar-refractivity contribution in [1.29, 1.82) is 0 Å². The summed E-state index contributed by atoms with van der Waals surface area (Å²) in [6, 6.07) is 17.5. The Labute approximate surface area is 107 Å². The van der Waals surface area contributed by atoms with Crippen LogP contribution in [0.2, 0.25) is 0 Å². The molecule has 0 aromatic heterocycles. The first-order chi connectivity index (χ1) is 8.74. The maximum absolute atomic E-state index is 11.7. The highest BCUT2D eigenvalue weighted by Gasteiger charge is 1.99. The normalized spacial score (nSPS) is 9.39. The molecule has 0 atom stereocenters. The Balaban J connectivity index is 2.01.